The van der Waals surface area contributed by atoms with Gasteiger partial charge in [0.15, 0.2) is 0 Å². The lowest BCUT2D eigenvalue weighted by atomic mass is 10.1. The summed E-state index contributed by atoms with van der Waals surface area (Å²) in [4.78, 5) is 17.5. The highest BCUT2D eigenvalue weighted by Crippen LogP contribution is 2.24. The molecule has 44 heavy (non-hydrogen) atoms. The first kappa shape index (κ1) is 40.1. The fourth-order valence-electron chi connectivity index (χ4n) is 3.87. The second-order valence-electron chi connectivity index (χ2n) is 12.2. The molecule has 8 nitrogen and oxygen atoms in total. The third-order valence-corrected chi connectivity index (χ3v) is 11.2. The van der Waals surface area contributed by atoms with E-state index in [4.69, 9.17) is 0 Å². The standard InChI is InChI=1S/C23H31N3O5S3.2C5H12/c1-16-23(32-18(3)24-16)15-26(33(4,28)29)13-6-5-10-22(17(2)27)25-34(30,31)21-12-11-19-8-7-9-20(19)14-21;2*1-4-5(2)3/h7,9,11-12,14,22,25H,5-6,8,10,13,15H2,1-4H3;2*5H,4H2,1-3H3. The molecule has 1 heterocycles. The number of hydrogen-bond acceptors (Lipinski definition) is 7. The van der Waals surface area contributed by atoms with Crippen molar-refractivity contribution in [2.45, 2.75) is 118 Å². The van der Waals surface area contributed by atoms with Gasteiger partial charge in [-0.2, -0.15) is 4.31 Å². The van der Waals surface area contributed by atoms with Crippen LogP contribution < -0.4 is 4.72 Å². The molecule has 0 saturated heterocycles. The molecule has 1 aromatic heterocycles. The molecule has 250 valence electrons. The molecular weight excluding hydrogens is 615 g/mol. The quantitative estimate of drug-likeness (QED) is 0.211. The number of allylic oxidation sites excluding steroid dienone is 1. The third-order valence-electron chi connectivity index (χ3n) is 7.42. The zero-order valence-electron chi connectivity index (χ0n) is 28.4. The number of fused-ring (bicyclic) bond motifs is 1. The molecule has 1 unspecified atom stereocenters. The highest BCUT2D eigenvalue weighted by atomic mass is 32.2. The van der Waals surface area contributed by atoms with Gasteiger partial charge in [-0.1, -0.05) is 79.0 Å². The number of aromatic nitrogens is 1. The van der Waals surface area contributed by atoms with Crippen LogP contribution in [0.5, 0.6) is 0 Å². The number of hydrogen-bond donors (Lipinski definition) is 1. The summed E-state index contributed by atoms with van der Waals surface area (Å²) in [5.74, 6) is 1.49. The number of carbonyl (C=O) groups is 1. The van der Waals surface area contributed by atoms with Crippen molar-refractivity contribution in [3.63, 3.8) is 0 Å². The van der Waals surface area contributed by atoms with Crippen LogP contribution in [0.1, 0.15) is 107 Å². The Labute approximate surface area is 271 Å². The monoisotopic (exact) mass is 669 g/mol. The van der Waals surface area contributed by atoms with Crippen molar-refractivity contribution in [3.8, 4) is 0 Å². The van der Waals surface area contributed by atoms with Crippen molar-refractivity contribution in [1.82, 2.24) is 14.0 Å². The van der Waals surface area contributed by atoms with Crippen LogP contribution in [0.4, 0.5) is 0 Å². The van der Waals surface area contributed by atoms with Crippen molar-refractivity contribution in [3.05, 3.63) is 51.0 Å². The molecule has 1 aliphatic rings. The Morgan fingerprint density at radius 3 is 2.09 bits per heavy atom. The zero-order chi connectivity index (χ0) is 33.7. The number of unbranched alkanes of at least 4 members (excludes halogenated alkanes) is 1. The number of nitrogens with zero attached hydrogens (tertiary/aromatic N) is 2. The highest BCUT2D eigenvalue weighted by Gasteiger charge is 2.25. The number of rotatable bonds is 14. The van der Waals surface area contributed by atoms with Crippen molar-refractivity contribution < 1.29 is 21.6 Å². The molecule has 1 aliphatic carbocycles. The molecule has 1 N–H and O–H groups in total. The Kier molecular flexibility index (Phi) is 17.2. The van der Waals surface area contributed by atoms with Gasteiger partial charge in [-0.25, -0.2) is 26.5 Å². The van der Waals surface area contributed by atoms with Gasteiger partial charge in [0.25, 0.3) is 0 Å². The van der Waals surface area contributed by atoms with E-state index < -0.39 is 26.1 Å². The Morgan fingerprint density at radius 1 is 1.02 bits per heavy atom. The van der Waals surface area contributed by atoms with Crippen molar-refractivity contribution in [2.75, 3.05) is 12.8 Å². The van der Waals surface area contributed by atoms with Gasteiger partial charge in [-0.05, 0) is 75.1 Å². The minimum Gasteiger partial charge on any atom is -0.298 e. The van der Waals surface area contributed by atoms with Gasteiger partial charge in [-0.15, -0.1) is 11.3 Å². The molecule has 1 aromatic carbocycles. The van der Waals surface area contributed by atoms with Crippen LogP contribution in [0.2, 0.25) is 0 Å². The summed E-state index contributed by atoms with van der Waals surface area (Å²) in [6.07, 6.45) is 9.71. The van der Waals surface area contributed by atoms with E-state index in [1.165, 1.54) is 41.7 Å². The van der Waals surface area contributed by atoms with Gasteiger partial charge in [0, 0.05) is 18.0 Å². The first-order chi connectivity index (χ1) is 20.4. The lowest BCUT2D eigenvalue weighted by Crippen LogP contribution is -2.39. The number of nitrogens with one attached hydrogen (secondary N) is 1. The molecule has 11 heteroatoms. The van der Waals surface area contributed by atoms with Crippen molar-refractivity contribution in [1.29, 1.82) is 0 Å². The van der Waals surface area contributed by atoms with E-state index in [-0.39, 0.29) is 30.2 Å². The highest BCUT2D eigenvalue weighted by molar-refractivity contribution is 7.89. The molecule has 0 saturated carbocycles. The van der Waals surface area contributed by atoms with Gasteiger partial charge in [0.05, 0.1) is 27.9 Å². The SMILES string of the molecule is CC(=O)C(CCCCN(Cc1sc(C)nc1C)S(C)(=O)=O)NS(=O)(=O)c1ccc2c(c1)C=CC2.CCC(C)C.CCC(C)C. The number of sulfonamides is 2. The van der Waals surface area contributed by atoms with Crippen molar-refractivity contribution in [2.24, 2.45) is 11.8 Å². The summed E-state index contributed by atoms with van der Waals surface area (Å²) in [5.41, 5.74) is 2.76. The summed E-state index contributed by atoms with van der Waals surface area (Å²) in [7, 11) is -7.29. The van der Waals surface area contributed by atoms with E-state index in [2.05, 4.69) is 51.2 Å². The van der Waals surface area contributed by atoms with Gasteiger partial charge in [0.1, 0.15) is 5.78 Å². The van der Waals surface area contributed by atoms with E-state index in [0.717, 1.165) is 45.0 Å². The van der Waals surface area contributed by atoms with Crippen LogP contribution in [0, 0.1) is 25.7 Å². The average molecular weight is 670 g/mol. The van der Waals surface area contributed by atoms with Crippen LogP contribution in [0.25, 0.3) is 6.08 Å². The maximum absolute atomic E-state index is 12.9. The molecular formula is C33H55N3O5S3. The second-order valence-corrected chi connectivity index (χ2v) is 17.2. The Morgan fingerprint density at radius 2 is 1.61 bits per heavy atom. The number of aryl methyl sites for hydroxylation is 2. The predicted octanol–water partition coefficient (Wildman–Crippen LogP) is 7.30. The predicted molar refractivity (Wildman–Crippen MR) is 185 cm³/mol. The Balaban J connectivity index is 0.000000837. The topological polar surface area (TPSA) is 114 Å². The number of ketones is 1. The first-order valence-corrected chi connectivity index (χ1v) is 19.8. The maximum atomic E-state index is 12.9. The number of carbonyl (C=O) groups excluding carboxylic acids is 1. The molecule has 2 aromatic rings. The van der Waals surface area contributed by atoms with Crippen molar-refractivity contribution >= 4 is 43.2 Å². The Bertz CT molecular complexity index is 1420. The molecule has 0 spiro atoms. The average Bonchev–Trinajstić information content (AvgIpc) is 3.53. The molecule has 3 rings (SSSR count). The van der Waals surface area contributed by atoms with Crippen LogP contribution in [-0.2, 0) is 37.8 Å². The molecule has 0 radical (unpaired) electrons. The van der Waals surface area contributed by atoms with Gasteiger partial charge < -0.3 is 0 Å². The minimum atomic E-state index is -3.86. The molecule has 0 bridgehead atoms. The van der Waals surface area contributed by atoms with Gasteiger partial charge in [-0.3, -0.25) is 4.79 Å². The normalized spacial score (nSPS) is 13.4. The summed E-state index contributed by atoms with van der Waals surface area (Å²) < 4.78 is 54.2. The molecule has 0 amide bonds. The summed E-state index contributed by atoms with van der Waals surface area (Å²) >= 11 is 1.48. The summed E-state index contributed by atoms with van der Waals surface area (Å²) in [5, 5.41) is 0.886. The van der Waals surface area contributed by atoms with E-state index in [1.54, 1.807) is 18.2 Å². The van der Waals surface area contributed by atoms with E-state index >= 15 is 0 Å². The smallest absolute Gasteiger partial charge is 0.241 e. The first-order valence-electron chi connectivity index (χ1n) is 15.6. The van der Waals surface area contributed by atoms with Crippen LogP contribution in [-0.4, -0.2) is 50.8 Å². The zero-order valence-corrected chi connectivity index (χ0v) is 30.9. The van der Waals surface area contributed by atoms with E-state index in [0.29, 0.717) is 12.8 Å². The lowest BCUT2D eigenvalue weighted by Gasteiger charge is -2.20. The summed E-state index contributed by atoms with van der Waals surface area (Å²) in [6, 6.07) is 4.09. The lowest BCUT2D eigenvalue weighted by molar-refractivity contribution is -0.118. The largest absolute Gasteiger partial charge is 0.298 e. The Hall–Kier alpha value is -1.92. The van der Waals surface area contributed by atoms with Crippen LogP contribution in [0.15, 0.2) is 29.2 Å². The minimum absolute atomic E-state index is 0.127. The molecule has 1 atom stereocenters. The maximum Gasteiger partial charge on any atom is 0.241 e. The number of Topliss-reactive ketones (excluding diaryl/α,β-unsaturated/α-hetero) is 1. The molecule has 0 fully saturated rings. The van der Waals surface area contributed by atoms with Gasteiger partial charge in [0.2, 0.25) is 20.0 Å². The number of benzene rings is 1. The van der Waals surface area contributed by atoms with E-state index in [1.807, 2.05) is 26.0 Å². The van der Waals surface area contributed by atoms with Gasteiger partial charge >= 0.3 is 0 Å². The van der Waals surface area contributed by atoms with E-state index in [9.17, 15) is 21.6 Å². The number of thiazole rings is 1. The summed E-state index contributed by atoms with van der Waals surface area (Å²) in [6.45, 7) is 18.9. The third kappa shape index (κ3) is 14.5. The second kappa shape index (κ2) is 18.9. The molecule has 0 aliphatic heterocycles. The van der Waals surface area contributed by atoms with Crippen LogP contribution >= 0.6 is 11.3 Å². The fourth-order valence-corrected chi connectivity index (χ4v) is 7.06. The van der Waals surface area contributed by atoms with Crippen LogP contribution in [0.3, 0.4) is 0 Å². The fraction of sp³-hybridized carbons (Fsp3) is 0.636.